The Morgan fingerprint density at radius 1 is 1.17 bits per heavy atom. The number of nitrogens with two attached hydrogens (primary N) is 2. The number of aryl methyl sites for hydroxylation is 1. The van der Waals surface area contributed by atoms with E-state index < -0.39 is 0 Å². The Morgan fingerprint density at radius 2 is 1.92 bits per heavy atom. The van der Waals surface area contributed by atoms with Crippen LogP contribution in [0.3, 0.4) is 0 Å². The summed E-state index contributed by atoms with van der Waals surface area (Å²) in [5.41, 5.74) is 13.8. The Morgan fingerprint density at radius 3 is 2.50 bits per heavy atom. The number of nitrogen functional groups attached to an aromatic ring is 2. The third-order valence-corrected chi connectivity index (χ3v) is 2.31. The molecule has 0 unspecified atom stereocenters. The molecule has 0 aliphatic rings. The molecule has 0 aromatic heterocycles. The van der Waals surface area contributed by atoms with Crippen molar-refractivity contribution in [2.45, 2.75) is 12.8 Å². The quantitative estimate of drug-likeness (QED) is 0.616. The molecule has 0 heterocycles. The molecule has 0 bridgehead atoms. The SMILES string of the molecule is Nc1ccc(CCCBr)cc1N. The number of alkyl halides is 1. The fourth-order valence-corrected chi connectivity index (χ4v) is 1.33. The number of rotatable bonds is 3. The van der Waals surface area contributed by atoms with Gasteiger partial charge < -0.3 is 11.5 Å². The normalized spacial score (nSPS) is 10.1. The van der Waals surface area contributed by atoms with Gasteiger partial charge in [-0.25, -0.2) is 0 Å². The number of hydrogen-bond acceptors (Lipinski definition) is 2. The number of hydrogen-bond donors (Lipinski definition) is 2. The Balaban J connectivity index is 2.69. The van der Waals surface area contributed by atoms with Gasteiger partial charge in [0.25, 0.3) is 0 Å². The lowest BCUT2D eigenvalue weighted by molar-refractivity contribution is 0.940. The smallest absolute Gasteiger partial charge is 0.0550 e. The summed E-state index contributed by atoms with van der Waals surface area (Å²) in [6.45, 7) is 0. The van der Waals surface area contributed by atoms with Gasteiger partial charge in [0.05, 0.1) is 11.4 Å². The van der Waals surface area contributed by atoms with Crippen LogP contribution in [0.2, 0.25) is 0 Å². The summed E-state index contributed by atoms with van der Waals surface area (Å²) < 4.78 is 0. The van der Waals surface area contributed by atoms with E-state index in [2.05, 4.69) is 15.9 Å². The molecule has 0 spiro atoms. The molecule has 0 aliphatic carbocycles. The molecule has 0 saturated heterocycles. The molecule has 0 fully saturated rings. The van der Waals surface area contributed by atoms with Crippen molar-refractivity contribution in [3.63, 3.8) is 0 Å². The van der Waals surface area contributed by atoms with Crippen molar-refractivity contribution >= 4 is 27.3 Å². The maximum Gasteiger partial charge on any atom is 0.0550 e. The fourth-order valence-electron chi connectivity index (χ4n) is 1.05. The molecular formula is C9H13BrN2. The van der Waals surface area contributed by atoms with E-state index >= 15 is 0 Å². The van der Waals surface area contributed by atoms with Gasteiger partial charge in [-0.1, -0.05) is 22.0 Å². The van der Waals surface area contributed by atoms with Crippen molar-refractivity contribution in [2.24, 2.45) is 0 Å². The van der Waals surface area contributed by atoms with Crippen molar-refractivity contribution in [1.29, 1.82) is 0 Å². The van der Waals surface area contributed by atoms with Crippen LogP contribution in [0.1, 0.15) is 12.0 Å². The van der Waals surface area contributed by atoms with Crippen molar-refractivity contribution in [2.75, 3.05) is 16.8 Å². The predicted octanol–water partition coefficient (Wildman–Crippen LogP) is 2.18. The van der Waals surface area contributed by atoms with Gasteiger partial charge in [-0.3, -0.25) is 0 Å². The molecule has 0 aliphatic heterocycles. The lowest BCUT2D eigenvalue weighted by Crippen LogP contribution is -1.96. The summed E-state index contributed by atoms with van der Waals surface area (Å²) in [6, 6.07) is 5.82. The van der Waals surface area contributed by atoms with E-state index in [0.29, 0.717) is 11.4 Å². The average molecular weight is 229 g/mol. The summed E-state index contributed by atoms with van der Waals surface area (Å²) in [5, 5.41) is 1.03. The molecule has 0 atom stereocenters. The number of benzene rings is 1. The third kappa shape index (κ3) is 2.41. The van der Waals surface area contributed by atoms with Crippen molar-refractivity contribution in [1.82, 2.24) is 0 Å². The van der Waals surface area contributed by atoms with Crippen molar-refractivity contribution in [3.8, 4) is 0 Å². The second-order valence-electron chi connectivity index (χ2n) is 2.76. The lowest BCUT2D eigenvalue weighted by atomic mass is 10.1. The molecule has 12 heavy (non-hydrogen) atoms. The molecule has 3 heteroatoms. The minimum absolute atomic E-state index is 0.664. The van der Waals surface area contributed by atoms with Gasteiger partial charge in [0.1, 0.15) is 0 Å². The highest BCUT2D eigenvalue weighted by Gasteiger charge is 1.96. The highest BCUT2D eigenvalue weighted by atomic mass is 79.9. The monoisotopic (exact) mass is 228 g/mol. The second kappa shape index (κ2) is 4.36. The molecule has 0 saturated carbocycles. The Kier molecular flexibility index (Phi) is 3.41. The van der Waals surface area contributed by atoms with E-state index in [9.17, 15) is 0 Å². The largest absolute Gasteiger partial charge is 0.397 e. The van der Waals surface area contributed by atoms with Crippen LogP contribution < -0.4 is 11.5 Å². The first-order valence-electron chi connectivity index (χ1n) is 3.94. The van der Waals surface area contributed by atoms with E-state index in [-0.39, 0.29) is 0 Å². The summed E-state index contributed by atoms with van der Waals surface area (Å²) >= 11 is 3.38. The van der Waals surface area contributed by atoms with E-state index in [4.69, 9.17) is 11.5 Å². The minimum atomic E-state index is 0.664. The van der Waals surface area contributed by atoms with Gasteiger partial charge in [0.15, 0.2) is 0 Å². The standard InChI is InChI=1S/C9H13BrN2/c10-5-1-2-7-3-4-8(11)9(12)6-7/h3-4,6H,1-2,5,11-12H2. The van der Waals surface area contributed by atoms with Gasteiger partial charge in [0.2, 0.25) is 0 Å². The van der Waals surface area contributed by atoms with Crippen LogP contribution >= 0.6 is 15.9 Å². The maximum atomic E-state index is 5.66. The molecular weight excluding hydrogens is 216 g/mol. The first-order chi connectivity index (χ1) is 5.74. The van der Waals surface area contributed by atoms with E-state index in [0.717, 1.165) is 18.2 Å². The highest BCUT2D eigenvalue weighted by molar-refractivity contribution is 9.09. The highest BCUT2D eigenvalue weighted by Crippen LogP contribution is 2.17. The van der Waals surface area contributed by atoms with Crippen LogP contribution in [0.4, 0.5) is 11.4 Å². The van der Waals surface area contributed by atoms with Gasteiger partial charge in [-0.2, -0.15) is 0 Å². The van der Waals surface area contributed by atoms with E-state index in [1.54, 1.807) is 0 Å². The van der Waals surface area contributed by atoms with Gasteiger partial charge in [0, 0.05) is 5.33 Å². The first kappa shape index (κ1) is 9.39. The molecule has 4 N–H and O–H groups in total. The molecule has 66 valence electrons. The van der Waals surface area contributed by atoms with Crippen LogP contribution in [-0.4, -0.2) is 5.33 Å². The molecule has 0 amide bonds. The zero-order valence-electron chi connectivity index (χ0n) is 6.89. The van der Waals surface area contributed by atoms with Crippen LogP contribution in [0.25, 0.3) is 0 Å². The van der Waals surface area contributed by atoms with E-state index in [1.807, 2.05) is 18.2 Å². The second-order valence-corrected chi connectivity index (χ2v) is 3.55. The van der Waals surface area contributed by atoms with E-state index in [1.165, 1.54) is 5.56 Å². The van der Waals surface area contributed by atoms with Gasteiger partial charge >= 0.3 is 0 Å². The molecule has 1 rings (SSSR count). The van der Waals surface area contributed by atoms with Crippen LogP contribution in [-0.2, 0) is 6.42 Å². The molecule has 1 aromatic rings. The summed E-state index contributed by atoms with van der Waals surface area (Å²) in [7, 11) is 0. The summed E-state index contributed by atoms with van der Waals surface area (Å²) in [4.78, 5) is 0. The third-order valence-electron chi connectivity index (χ3n) is 1.75. The van der Waals surface area contributed by atoms with Crippen molar-refractivity contribution < 1.29 is 0 Å². The van der Waals surface area contributed by atoms with Gasteiger partial charge in [-0.05, 0) is 30.5 Å². The van der Waals surface area contributed by atoms with Crippen LogP contribution in [0.5, 0.6) is 0 Å². The number of halogens is 1. The zero-order chi connectivity index (χ0) is 8.97. The topological polar surface area (TPSA) is 52.0 Å². The Labute approximate surface area is 81.1 Å². The lowest BCUT2D eigenvalue weighted by Gasteiger charge is -2.03. The van der Waals surface area contributed by atoms with Crippen molar-refractivity contribution in [3.05, 3.63) is 23.8 Å². The Hall–Kier alpha value is -0.700. The van der Waals surface area contributed by atoms with Crippen LogP contribution in [0, 0.1) is 0 Å². The van der Waals surface area contributed by atoms with Gasteiger partial charge in [-0.15, -0.1) is 0 Å². The fraction of sp³-hybridized carbons (Fsp3) is 0.333. The minimum Gasteiger partial charge on any atom is -0.397 e. The molecule has 1 aromatic carbocycles. The summed E-state index contributed by atoms with van der Waals surface area (Å²) in [5.74, 6) is 0. The van der Waals surface area contributed by atoms with Crippen LogP contribution in [0.15, 0.2) is 18.2 Å². The predicted molar refractivity (Wildman–Crippen MR) is 57.4 cm³/mol. The molecule has 0 radical (unpaired) electrons. The zero-order valence-corrected chi connectivity index (χ0v) is 8.47. The summed E-state index contributed by atoms with van der Waals surface area (Å²) in [6.07, 6.45) is 2.18. The molecule has 2 nitrogen and oxygen atoms in total. The average Bonchev–Trinajstić information content (AvgIpc) is 2.07. The Bertz CT molecular complexity index is 261. The maximum absolute atomic E-state index is 5.66. The number of anilines is 2. The first-order valence-corrected chi connectivity index (χ1v) is 5.06.